The largest absolute Gasteiger partial charge is 0.497 e. The van der Waals surface area contributed by atoms with Gasteiger partial charge in [0, 0.05) is 17.8 Å². The number of carbonyl (C=O) groups excluding carboxylic acids is 3. The van der Waals surface area contributed by atoms with Gasteiger partial charge in [0.05, 0.1) is 7.11 Å². The van der Waals surface area contributed by atoms with Gasteiger partial charge < -0.3 is 25.0 Å². The standard InChI is InChI=1S/C33H45N3O5/c1-9-11-12-13-22-36(31(38)28(23(3)4)35-32(39)41-33(5,6)7)29(25-16-14-24(10-2)15-17-25)30(37)34-26-18-20-27(40-8)21-19-26/h2,14-21,23,28-29H,9,11-13,22H2,1,3-8H3,(H,34,37)(H,35,39). The van der Waals surface area contributed by atoms with Gasteiger partial charge in [-0.05, 0) is 75.1 Å². The highest BCUT2D eigenvalue weighted by molar-refractivity contribution is 5.99. The van der Waals surface area contributed by atoms with Crippen LogP contribution in [0.3, 0.4) is 0 Å². The van der Waals surface area contributed by atoms with E-state index >= 15 is 0 Å². The summed E-state index contributed by atoms with van der Waals surface area (Å²) < 4.78 is 10.7. The van der Waals surface area contributed by atoms with E-state index in [4.69, 9.17) is 15.9 Å². The van der Waals surface area contributed by atoms with Gasteiger partial charge in [-0.3, -0.25) is 9.59 Å². The van der Waals surface area contributed by atoms with E-state index < -0.39 is 23.8 Å². The second-order valence-electron chi connectivity index (χ2n) is 11.3. The van der Waals surface area contributed by atoms with E-state index in [0.717, 1.165) is 19.3 Å². The minimum absolute atomic E-state index is 0.262. The molecule has 222 valence electrons. The first-order chi connectivity index (χ1) is 19.4. The molecule has 8 heteroatoms. The molecule has 2 aromatic rings. The average Bonchev–Trinajstić information content (AvgIpc) is 2.92. The van der Waals surface area contributed by atoms with E-state index in [-0.39, 0.29) is 17.7 Å². The number of rotatable bonds is 13. The van der Waals surface area contributed by atoms with Crippen molar-refractivity contribution >= 4 is 23.6 Å². The van der Waals surface area contributed by atoms with Gasteiger partial charge in [-0.15, -0.1) is 6.42 Å². The number of unbranched alkanes of at least 4 members (excludes halogenated alkanes) is 3. The Morgan fingerprint density at radius 1 is 0.976 bits per heavy atom. The second-order valence-corrected chi connectivity index (χ2v) is 11.3. The molecule has 8 nitrogen and oxygen atoms in total. The lowest BCUT2D eigenvalue weighted by Crippen LogP contribution is -2.54. The SMILES string of the molecule is C#Cc1ccc(C(C(=O)Nc2ccc(OC)cc2)N(CCCCCC)C(=O)C(NC(=O)OC(C)(C)C)C(C)C)cc1. The molecule has 0 radical (unpaired) electrons. The van der Waals surface area contributed by atoms with Gasteiger partial charge in [0.2, 0.25) is 5.91 Å². The smallest absolute Gasteiger partial charge is 0.408 e. The lowest BCUT2D eigenvalue weighted by atomic mass is 9.97. The predicted octanol–water partition coefficient (Wildman–Crippen LogP) is 6.31. The van der Waals surface area contributed by atoms with E-state index in [9.17, 15) is 14.4 Å². The summed E-state index contributed by atoms with van der Waals surface area (Å²) >= 11 is 0. The van der Waals surface area contributed by atoms with Crippen molar-refractivity contribution in [2.45, 2.75) is 84.9 Å². The van der Waals surface area contributed by atoms with Crippen LogP contribution in [0.15, 0.2) is 48.5 Å². The molecule has 2 unspecified atom stereocenters. The normalized spacial score (nSPS) is 12.6. The van der Waals surface area contributed by atoms with Gasteiger partial charge in [-0.1, -0.05) is 58.1 Å². The van der Waals surface area contributed by atoms with Crippen LogP contribution in [0.25, 0.3) is 0 Å². The Bertz CT molecular complexity index is 1180. The molecule has 0 aromatic heterocycles. The molecular weight excluding hydrogens is 518 g/mol. The van der Waals surface area contributed by atoms with Crippen LogP contribution in [0.1, 0.15) is 84.4 Å². The van der Waals surface area contributed by atoms with Crippen molar-refractivity contribution in [1.29, 1.82) is 0 Å². The molecule has 3 amide bonds. The monoisotopic (exact) mass is 563 g/mol. The molecule has 0 aliphatic rings. The third kappa shape index (κ3) is 10.5. The molecule has 0 bridgehead atoms. The van der Waals surface area contributed by atoms with Crippen LogP contribution in [0.5, 0.6) is 5.75 Å². The molecule has 2 rings (SSSR count). The predicted molar refractivity (Wildman–Crippen MR) is 163 cm³/mol. The first kappa shape index (κ1) is 33.2. The van der Waals surface area contributed by atoms with Crippen LogP contribution in [0, 0.1) is 18.3 Å². The zero-order valence-electron chi connectivity index (χ0n) is 25.5. The van der Waals surface area contributed by atoms with Gasteiger partial charge in [0.15, 0.2) is 0 Å². The summed E-state index contributed by atoms with van der Waals surface area (Å²) in [5.74, 6) is 2.24. The van der Waals surface area contributed by atoms with Crippen LogP contribution in [-0.2, 0) is 14.3 Å². The fourth-order valence-electron chi connectivity index (χ4n) is 4.32. The first-order valence-corrected chi connectivity index (χ1v) is 14.2. The van der Waals surface area contributed by atoms with Gasteiger partial charge in [-0.25, -0.2) is 4.79 Å². The minimum atomic E-state index is -0.972. The molecule has 0 saturated carbocycles. The molecule has 0 aliphatic carbocycles. The van der Waals surface area contributed by atoms with Crippen LogP contribution in [0.2, 0.25) is 0 Å². The number of amides is 3. The fraction of sp³-hybridized carbons (Fsp3) is 0.485. The van der Waals surface area contributed by atoms with E-state index in [1.165, 1.54) is 0 Å². The summed E-state index contributed by atoms with van der Waals surface area (Å²) in [4.78, 5) is 42.5. The summed E-state index contributed by atoms with van der Waals surface area (Å²) in [6.07, 6.45) is 8.51. The van der Waals surface area contributed by atoms with Crippen LogP contribution < -0.4 is 15.4 Å². The number of hydrogen-bond acceptors (Lipinski definition) is 5. The topological polar surface area (TPSA) is 97.0 Å². The number of ether oxygens (including phenoxy) is 2. The van der Waals surface area contributed by atoms with Crippen LogP contribution >= 0.6 is 0 Å². The summed E-state index contributed by atoms with van der Waals surface area (Å²) in [5.41, 5.74) is 1.11. The highest BCUT2D eigenvalue weighted by Crippen LogP contribution is 2.27. The molecule has 0 fully saturated rings. The Labute approximate surface area is 245 Å². The molecule has 0 aliphatic heterocycles. The van der Waals surface area contributed by atoms with Gasteiger partial charge in [0.1, 0.15) is 23.4 Å². The molecule has 41 heavy (non-hydrogen) atoms. The zero-order valence-corrected chi connectivity index (χ0v) is 25.5. The van der Waals surface area contributed by atoms with Crippen LogP contribution in [-0.4, -0.2) is 48.1 Å². The zero-order chi connectivity index (χ0) is 30.6. The van der Waals surface area contributed by atoms with Crippen molar-refractivity contribution in [2.75, 3.05) is 19.0 Å². The maximum atomic E-state index is 14.3. The first-order valence-electron chi connectivity index (χ1n) is 14.2. The fourth-order valence-corrected chi connectivity index (χ4v) is 4.32. The van der Waals surface area contributed by atoms with E-state index in [1.54, 1.807) is 81.3 Å². The number of alkyl carbamates (subject to hydrolysis) is 1. The summed E-state index contributed by atoms with van der Waals surface area (Å²) in [6, 6.07) is 12.1. The molecule has 2 aromatic carbocycles. The molecule has 2 atom stereocenters. The highest BCUT2D eigenvalue weighted by Gasteiger charge is 2.37. The lowest BCUT2D eigenvalue weighted by molar-refractivity contribution is -0.141. The second kappa shape index (κ2) is 15.7. The Hall–Kier alpha value is -3.99. The Balaban J connectivity index is 2.53. The van der Waals surface area contributed by atoms with Crippen molar-refractivity contribution in [3.8, 4) is 18.1 Å². The molecular formula is C33H45N3O5. The number of carbonyl (C=O) groups is 3. The lowest BCUT2D eigenvalue weighted by Gasteiger charge is -2.35. The van der Waals surface area contributed by atoms with Gasteiger partial charge >= 0.3 is 6.09 Å². The van der Waals surface area contributed by atoms with Crippen molar-refractivity contribution in [2.24, 2.45) is 5.92 Å². The molecule has 2 N–H and O–H groups in total. The Morgan fingerprint density at radius 3 is 2.12 bits per heavy atom. The van der Waals surface area contributed by atoms with Gasteiger partial charge in [0.25, 0.3) is 5.91 Å². The summed E-state index contributed by atoms with van der Waals surface area (Å²) in [7, 11) is 1.57. The number of nitrogens with one attached hydrogen (secondary N) is 2. The maximum absolute atomic E-state index is 14.3. The third-order valence-electron chi connectivity index (χ3n) is 6.45. The average molecular weight is 564 g/mol. The van der Waals surface area contributed by atoms with Crippen LogP contribution in [0.4, 0.5) is 10.5 Å². The molecule has 0 saturated heterocycles. The van der Waals surface area contributed by atoms with Crippen molar-refractivity contribution in [3.63, 3.8) is 0 Å². The third-order valence-corrected chi connectivity index (χ3v) is 6.45. The van der Waals surface area contributed by atoms with E-state index in [2.05, 4.69) is 23.5 Å². The maximum Gasteiger partial charge on any atom is 0.408 e. The minimum Gasteiger partial charge on any atom is -0.497 e. The number of methoxy groups -OCH3 is 1. The quantitative estimate of drug-likeness (QED) is 0.220. The number of nitrogens with zero attached hydrogens (tertiary/aromatic N) is 1. The Kier molecular flexibility index (Phi) is 12.7. The van der Waals surface area contributed by atoms with E-state index in [0.29, 0.717) is 35.5 Å². The highest BCUT2D eigenvalue weighted by atomic mass is 16.6. The summed E-state index contributed by atoms with van der Waals surface area (Å²) in [5, 5.41) is 5.71. The number of terminal acetylenes is 1. The molecule has 0 spiro atoms. The number of hydrogen-bond donors (Lipinski definition) is 2. The number of benzene rings is 2. The van der Waals surface area contributed by atoms with Crippen molar-refractivity contribution < 1.29 is 23.9 Å². The van der Waals surface area contributed by atoms with E-state index in [1.807, 2.05) is 13.8 Å². The molecule has 0 heterocycles. The summed E-state index contributed by atoms with van der Waals surface area (Å²) in [6.45, 7) is 11.4. The Morgan fingerprint density at radius 2 is 1.61 bits per heavy atom. The van der Waals surface area contributed by atoms with Crippen molar-refractivity contribution in [3.05, 3.63) is 59.7 Å². The van der Waals surface area contributed by atoms with Crippen molar-refractivity contribution in [1.82, 2.24) is 10.2 Å². The number of anilines is 1. The van der Waals surface area contributed by atoms with Gasteiger partial charge in [-0.2, -0.15) is 0 Å².